The van der Waals surface area contributed by atoms with Gasteiger partial charge in [0.25, 0.3) is 0 Å². The molecule has 0 spiro atoms. The molecule has 0 bridgehead atoms. The van der Waals surface area contributed by atoms with Crippen LogP contribution in [0.4, 0.5) is 0 Å². The molecule has 0 rings (SSSR count). The van der Waals surface area contributed by atoms with E-state index < -0.39 is 30.7 Å². The Labute approximate surface area is 169 Å². The van der Waals surface area contributed by atoms with E-state index in [0.29, 0.717) is 19.3 Å². The molecule has 0 aliphatic rings. The van der Waals surface area contributed by atoms with Crippen LogP contribution in [0, 0.1) is 10.8 Å². The molecule has 2 N–H and O–H groups in total. The van der Waals surface area contributed by atoms with Crippen LogP contribution < -0.4 is 0 Å². The lowest BCUT2D eigenvalue weighted by Crippen LogP contribution is -2.39. The minimum absolute atomic E-state index is 0.0706. The van der Waals surface area contributed by atoms with Gasteiger partial charge < -0.3 is 10.00 Å². The molecule has 0 amide bonds. The molecule has 0 heterocycles. The fraction of sp³-hybridized carbons (Fsp3) is 0.900. The topological polar surface area (TPSA) is 110 Å². The molecule has 2 atom stereocenters. The molecule has 7 nitrogen and oxygen atoms in total. The van der Waals surface area contributed by atoms with E-state index in [4.69, 9.17) is 9.05 Å². The predicted molar refractivity (Wildman–Crippen MR) is 109 cm³/mol. The second-order valence-corrected chi connectivity index (χ2v) is 11.6. The number of phosphoric ester groups is 1. The van der Waals surface area contributed by atoms with Gasteiger partial charge >= 0.3 is 7.82 Å². The smallest absolute Gasteiger partial charge is 0.385 e. The maximum atomic E-state index is 12.3. The average molecular weight is 422 g/mol. The highest BCUT2D eigenvalue weighted by atomic mass is 31.2. The van der Waals surface area contributed by atoms with E-state index in [1.807, 2.05) is 0 Å². The van der Waals surface area contributed by atoms with Crippen LogP contribution in [0.15, 0.2) is 0 Å². The summed E-state index contributed by atoms with van der Waals surface area (Å²) in [4.78, 5) is 33.9. The Balaban J connectivity index is 4.48. The number of carbonyl (C=O) groups is 2. The molecule has 166 valence electrons. The molecule has 8 heteroatoms. The molecular formula is C20H39O7P. The van der Waals surface area contributed by atoms with Crippen LogP contribution in [0.3, 0.4) is 0 Å². The molecule has 0 aromatic heterocycles. The van der Waals surface area contributed by atoms with Crippen molar-refractivity contribution >= 4 is 19.4 Å². The molecular weight excluding hydrogens is 383 g/mol. The summed E-state index contributed by atoms with van der Waals surface area (Å²) >= 11 is 0. The van der Waals surface area contributed by atoms with Crippen LogP contribution in [0.25, 0.3) is 0 Å². The number of aliphatic hydroxyl groups excluding tert-OH is 1. The molecule has 28 heavy (non-hydrogen) atoms. The number of ketones is 2. The first kappa shape index (κ1) is 27.4. The number of rotatable bonds is 12. The fourth-order valence-electron chi connectivity index (χ4n) is 2.37. The molecule has 0 saturated carbocycles. The van der Waals surface area contributed by atoms with Gasteiger partial charge in [0.05, 0.1) is 12.2 Å². The lowest BCUT2D eigenvalue weighted by molar-refractivity contribution is -0.135. The van der Waals surface area contributed by atoms with Gasteiger partial charge in [-0.05, 0) is 39.0 Å². The lowest BCUT2D eigenvalue weighted by atomic mass is 9.83. The quantitative estimate of drug-likeness (QED) is 0.447. The van der Waals surface area contributed by atoms with Crippen molar-refractivity contribution in [2.75, 3.05) is 6.61 Å². The highest BCUT2D eigenvalue weighted by Crippen LogP contribution is 2.48. The largest absolute Gasteiger partial charge is 0.472 e. The van der Waals surface area contributed by atoms with Gasteiger partial charge in [-0.3, -0.25) is 18.6 Å². The van der Waals surface area contributed by atoms with Crippen LogP contribution >= 0.6 is 7.82 Å². The third-order valence-corrected chi connectivity index (χ3v) is 5.30. The number of aliphatic hydroxyl groups is 1. The molecule has 0 aliphatic heterocycles. The summed E-state index contributed by atoms with van der Waals surface area (Å²) in [7, 11) is -4.30. The van der Waals surface area contributed by atoms with Crippen molar-refractivity contribution < 1.29 is 33.2 Å². The molecule has 0 fully saturated rings. The van der Waals surface area contributed by atoms with Crippen LogP contribution in [-0.4, -0.2) is 39.9 Å². The minimum Gasteiger partial charge on any atom is -0.385 e. The third kappa shape index (κ3) is 12.8. The molecule has 0 radical (unpaired) electrons. The standard InChI is InChI=1S/C20H39O7P/c1-18(2,3)13-12-15(21)10-9-11-16(22)17(23)20(7,8)14-26-28(24,25)27-19(4,5)6/h17,23H,9-14H2,1-8H3,(H,24,25). The van der Waals surface area contributed by atoms with Gasteiger partial charge in [-0.25, -0.2) is 4.57 Å². The van der Waals surface area contributed by atoms with Gasteiger partial charge in [0.2, 0.25) is 0 Å². The van der Waals surface area contributed by atoms with Gasteiger partial charge in [-0.15, -0.1) is 0 Å². The SMILES string of the molecule is CC(C)(C)CCC(=O)CCCC(=O)C(O)C(C)(C)COP(=O)(O)OC(C)(C)C. The summed E-state index contributed by atoms with van der Waals surface area (Å²) in [6, 6.07) is 0. The Bertz CT molecular complexity index is 570. The molecule has 0 aromatic rings. The Hall–Kier alpha value is -0.590. The summed E-state index contributed by atoms with van der Waals surface area (Å²) in [6.07, 6.45) is 0.662. The van der Waals surface area contributed by atoms with Crippen LogP contribution in [0.1, 0.15) is 87.5 Å². The van der Waals surface area contributed by atoms with Crippen molar-refractivity contribution in [2.45, 2.75) is 99.2 Å². The third-order valence-electron chi connectivity index (χ3n) is 4.07. The van der Waals surface area contributed by atoms with E-state index in [2.05, 4.69) is 20.8 Å². The second kappa shape index (κ2) is 10.4. The van der Waals surface area contributed by atoms with Gasteiger partial charge in [0.1, 0.15) is 11.9 Å². The lowest BCUT2D eigenvalue weighted by Gasteiger charge is -2.31. The highest BCUT2D eigenvalue weighted by molar-refractivity contribution is 7.47. The number of carbonyl (C=O) groups excluding carboxylic acids is 2. The number of hydrogen-bond donors (Lipinski definition) is 2. The van der Waals surface area contributed by atoms with E-state index in [1.165, 1.54) is 0 Å². The van der Waals surface area contributed by atoms with Gasteiger partial charge in [-0.1, -0.05) is 34.6 Å². The zero-order chi connectivity index (χ0) is 22.4. The van der Waals surface area contributed by atoms with Crippen molar-refractivity contribution in [1.82, 2.24) is 0 Å². The first-order valence-corrected chi connectivity index (χ1v) is 11.2. The van der Waals surface area contributed by atoms with Crippen LogP contribution in [0.2, 0.25) is 0 Å². The maximum Gasteiger partial charge on any atom is 0.472 e. The van der Waals surface area contributed by atoms with Gasteiger partial charge in [-0.2, -0.15) is 0 Å². The zero-order valence-corrected chi connectivity index (χ0v) is 19.6. The number of phosphoric acid groups is 1. The van der Waals surface area contributed by atoms with Crippen molar-refractivity contribution in [2.24, 2.45) is 10.8 Å². The number of Topliss-reactive ketones (excluding diaryl/α,β-unsaturated/α-hetero) is 2. The molecule has 2 unspecified atom stereocenters. The fourth-order valence-corrected chi connectivity index (χ4v) is 3.61. The van der Waals surface area contributed by atoms with E-state index in [9.17, 15) is 24.2 Å². The van der Waals surface area contributed by atoms with Crippen molar-refractivity contribution in [3.8, 4) is 0 Å². The van der Waals surface area contributed by atoms with E-state index >= 15 is 0 Å². The van der Waals surface area contributed by atoms with Gasteiger partial charge in [0, 0.05) is 24.7 Å². The number of hydrogen-bond acceptors (Lipinski definition) is 6. The van der Waals surface area contributed by atoms with Crippen LogP contribution in [0.5, 0.6) is 0 Å². The second-order valence-electron chi connectivity index (χ2n) is 10.3. The molecule has 0 aromatic carbocycles. The normalized spacial score (nSPS) is 16.5. The van der Waals surface area contributed by atoms with E-state index in [-0.39, 0.29) is 24.2 Å². The Morgan fingerprint density at radius 1 is 0.964 bits per heavy atom. The predicted octanol–water partition coefficient (Wildman–Crippen LogP) is 4.44. The van der Waals surface area contributed by atoms with E-state index in [1.54, 1.807) is 34.6 Å². The summed E-state index contributed by atoms with van der Waals surface area (Å²) in [5, 5.41) is 10.3. The maximum absolute atomic E-state index is 12.3. The van der Waals surface area contributed by atoms with Crippen molar-refractivity contribution in [3.63, 3.8) is 0 Å². The summed E-state index contributed by atoms with van der Waals surface area (Å²) < 4.78 is 21.9. The summed E-state index contributed by atoms with van der Waals surface area (Å²) in [6.45, 7) is 13.9. The minimum atomic E-state index is -4.30. The molecule has 0 aliphatic carbocycles. The van der Waals surface area contributed by atoms with E-state index in [0.717, 1.165) is 6.42 Å². The molecule has 0 saturated heterocycles. The zero-order valence-electron chi connectivity index (χ0n) is 18.7. The van der Waals surface area contributed by atoms with Crippen LogP contribution in [-0.2, 0) is 23.2 Å². The average Bonchev–Trinajstić information content (AvgIpc) is 2.47. The Morgan fingerprint density at radius 2 is 1.50 bits per heavy atom. The first-order valence-electron chi connectivity index (χ1n) is 9.75. The Morgan fingerprint density at radius 3 is 1.96 bits per heavy atom. The van der Waals surface area contributed by atoms with Crippen molar-refractivity contribution in [3.05, 3.63) is 0 Å². The van der Waals surface area contributed by atoms with Crippen molar-refractivity contribution in [1.29, 1.82) is 0 Å². The van der Waals surface area contributed by atoms with Gasteiger partial charge in [0.15, 0.2) is 5.78 Å². The Kier molecular flexibility index (Phi) is 10.2. The first-order chi connectivity index (χ1) is 12.3. The summed E-state index contributed by atoms with van der Waals surface area (Å²) in [5.41, 5.74) is -1.86. The monoisotopic (exact) mass is 422 g/mol. The summed E-state index contributed by atoms with van der Waals surface area (Å²) in [5.74, 6) is -0.304. The highest BCUT2D eigenvalue weighted by Gasteiger charge is 2.37.